The first-order chi connectivity index (χ1) is 11.4. The summed E-state index contributed by atoms with van der Waals surface area (Å²) in [6.07, 6.45) is 4.38. The van der Waals surface area contributed by atoms with Gasteiger partial charge < -0.3 is 10.6 Å². The predicted octanol–water partition coefficient (Wildman–Crippen LogP) is 2.20. The molecule has 1 amide bonds. The van der Waals surface area contributed by atoms with Crippen molar-refractivity contribution in [2.75, 3.05) is 18.0 Å². The molecular weight excluding hydrogens is 362 g/mol. The van der Waals surface area contributed by atoms with Crippen LogP contribution >= 0.6 is 12.4 Å². The van der Waals surface area contributed by atoms with Crippen molar-refractivity contribution in [1.82, 2.24) is 4.72 Å². The van der Waals surface area contributed by atoms with Crippen LogP contribution in [0.5, 0.6) is 0 Å². The predicted molar refractivity (Wildman–Crippen MR) is 103 cm³/mol. The molecule has 1 aliphatic heterocycles. The van der Waals surface area contributed by atoms with Gasteiger partial charge in [-0.2, -0.15) is 0 Å². The van der Waals surface area contributed by atoms with Crippen molar-refractivity contribution >= 4 is 34.0 Å². The molecule has 1 aromatic rings. The molecule has 0 bridgehead atoms. The lowest BCUT2D eigenvalue weighted by atomic mass is 10.0. The molecule has 25 heavy (non-hydrogen) atoms. The van der Waals surface area contributed by atoms with Crippen molar-refractivity contribution in [3.63, 3.8) is 0 Å². The van der Waals surface area contributed by atoms with Gasteiger partial charge >= 0.3 is 0 Å². The van der Waals surface area contributed by atoms with E-state index in [1.807, 2.05) is 6.07 Å². The standard InChI is InChI=1S/C17H27N3O3S.ClH/c1-3-4-7-15(12-18)19-24(22,23)16-9-8-14-6-5-10-20(13(2)21)17(14)11-16;/h8-9,11,15,19H,3-7,10,12,18H2,1-2H3;1H. The topological polar surface area (TPSA) is 92.5 Å². The number of halogens is 1. The largest absolute Gasteiger partial charge is 0.329 e. The number of unbranched alkanes of at least 4 members (excludes halogenated alkanes) is 1. The number of rotatable bonds is 7. The molecule has 8 heteroatoms. The number of hydrogen-bond acceptors (Lipinski definition) is 4. The molecule has 1 atom stereocenters. The zero-order valence-electron chi connectivity index (χ0n) is 14.8. The van der Waals surface area contributed by atoms with E-state index < -0.39 is 10.0 Å². The Balaban J connectivity index is 0.00000312. The molecule has 0 aliphatic carbocycles. The summed E-state index contributed by atoms with van der Waals surface area (Å²) in [7, 11) is -3.65. The summed E-state index contributed by atoms with van der Waals surface area (Å²) < 4.78 is 28.0. The Labute approximate surface area is 156 Å². The highest BCUT2D eigenvalue weighted by Gasteiger charge is 2.24. The summed E-state index contributed by atoms with van der Waals surface area (Å²) in [5.74, 6) is -0.0683. The van der Waals surface area contributed by atoms with Crippen LogP contribution in [0.25, 0.3) is 0 Å². The number of aryl methyl sites for hydroxylation is 1. The summed E-state index contributed by atoms with van der Waals surface area (Å²) in [5.41, 5.74) is 7.41. The molecule has 0 aromatic heterocycles. The zero-order chi connectivity index (χ0) is 17.7. The van der Waals surface area contributed by atoms with Crippen molar-refractivity contribution in [1.29, 1.82) is 0 Å². The molecule has 3 N–H and O–H groups in total. The minimum atomic E-state index is -3.65. The lowest BCUT2D eigenvalue weighted by Crippen LogP contribution is -2.40. The first-order valence-electron chi connectivity index (χ1n) is 8.52. The molecule has 6 nitrogen and oxygen atoms in total. The van der Waals surface area contributed by atoms with E-state index in [-0.39, 0.29) is 35.8 Å². The van der Waals surface area contributed by atoms with E-state index in [0.717, 1.165) is 37.7 Å². The van der Waals surface area contributed by atoms with Gasteiger partial charge in [0, 0.05) is 31.7 Å². The summed E-state index contributed by atoms with van der Waals surface area (Å²) >= 11 is 0. The fourth-order valence-electron chi connectivity index (χ4n) is 3.01. The molecule has 1 heterocycles. The van der Waals surface area contributed by atoms with Crippen LogP contribution in [-0.2, 0) is 21.2 Å². The third-order valence-electron chi connectivity index (χ3n) is 4.38. The van der Waals surface area contributed by atoms with Gasteiger partial charge in [-0.3, -0.25) is 4.79 Å². The maximum atomic E-state index is 12.7. The van der Waals surface area contributed by atoms with E-state index in [2.05, 4.69) is 11.6 Å². The average Bonchev–Trinajstić information content (AvgIpc) is 2.57. The van der Waals surface area contributed by atoms with Crippen LogP contribution in [0.4, 0.5) is 5.69 Å². The molecule has 2 rings (SSSR count). The van der Waals surface area contributed by atoms with Crippen molar-refractivity contribution in [3.05, 3.63) is 23.8 Å². The third-order valence-corrected chi connectivity index (χ3v) is 5.90. The Morgan fingerprint density at radius 2 is 2.12 bits per heavy atom. The van der Waals surface area contributed by atoms with Crippen LogP contribution in [0, 0.1) is 0 Å². The van der Waals surface area contributed by atoms with E-state index in [1.54, 1.807) is 17.0 Å². The highest BCUT2D eigenvalue weighted by Crippen LogP contribution is 2.30. The fourth-order valence-corrected chi connectivity index (χ4v) is 4.31. The highest BCUT2D eigenvalue weighted by atomic mass is 35.5. The highest BCUT2D eigenvalue weighted by molar-refractivity contribution is 7.89. The molecule has 0 spiro atoms. The third kappa shape index (κ3) is 5.41. The van der Waals surface area contributed by atoms with Gasteiger partial charge in [0.15, 0.2) is 0 Å². The molecule has 0 radical (unpaired) electrons. The Bertz CT molecular complexity index is 694. The monoisotopic (exact) mass is 389 g/mol. The van der Waals surface area contributed by atoms with Gasteiger partial charge in [-0.25, -0.2) is 13.1 Å². The number of hydrogen-bond donors (Lipinski definition) is 2. The smallest absolute Gasteiger partial charge is 0.240 e. The number of sulfonamides is 1. The molecule has 1 aliphatic rings. The Kier molecular flexibility index (Phi) is 8.34. The van der Waals surface area contributed by atoms with Crippen molar-refractivity contribution < 1.29 is 13.2 Å². The summed E-state index contributed by atoms with van der Waals surface area (Å²) in [4.78, 5) is 13.6. The number of fused-ring (bicyclic) bond motifs is 1. The summed E-state index contributed by atoms with van der Waals surface area (Å²) in [5, 5.41) is 0. The van der Waals surface area contributed by atoms with E-state index in [4.69, 9.17) is 5.73 Å². The number of carbonyl (C=O) groups is 1. The minimum absolute atomic E-state index is 0. The fraction of sp³-hybridized carbons (Fsp3) is 0.588. The Morgan fingerprint density at radius 1 is 1.40 bits per heavy atom. The first kappa shape index (κ1) is 21.9. The molecule has 0 saturated heterocycles. The van der Waals surface area contributed by atoms with E-state index in [0.29, 0.717) is 12.2 Å². The van der Waals surface area contributed by atoms with Gasteiger partial charge in [-0.15, -0.1) is 12.4 Å². The lowest BCUT2D eigenvalue weighted by molar-refractivity contribution is -0.116. The van der Waals surface area contributed by atoms with Crippen LogP contribution in [0.1, 0.15) is 45.1 Å². The summed E-state index contributed by atoms with van der Waals surface area (Å²) in [6.45, 7) is 4.45. The SMILES string of the molecule is CCCCC(CN)NS(=O)(=O)c1ccc2c(c1)N(C(C)=O)CCC2.Cl. The van der Waals surface area contributed by atoms with Crippen LogP contribution < -0.4 is 15.4 Å². The van der Waals surface area contributed by atoms with E-state index in [9.17, 15) is 13.2 Å². The number of nitrogens with two attached hydrogens (primary N) is 1. The van der Waals surface area contributed by atoms with Crippen LogP contribution in [-0.4, -0.2) is 33.5 Å². The van der Waals surface area contributed by atoms with Crippen molar-refractivity contribution in [2.45, 2.75) is 56.9 Å². The maximum Gasteiger partial charge on any atom is 0.240 e. The molecular formula is C17H28ClN3O3S. The second-order valence-electron chi connectivity index (χ2n) is 6.26. The van der Waals surface area contributed by atoms with E-state index in [1.165, 1.54) is 6.92 Å². The quantitative estimate of drug-likeness (QED) is 0.747. The van der Waals surface area contributed by atoms with Gasteiger partial charge in [0.05, 0.1) is 4.90 Å². The number of amides is 1. The molecule has 1 unspecified atom stereocenters. The van der Waals surface area contributed by atoms with Gasteiger partial charge in [0.25, 0.3) is 0 Å². The van der Waals surface area contributed by atoms with Crippen LogP contribution in [0.15, 0.2) is 23.1 Å². The second-order valence-corrected chi connectivity index (χ2v) is 7.97. The van der Waals surface area contributed by atoms with Crippen LogP contribution in [0.3, 0.4) is 0 Å². The number of carbonyl (C=O) groups excluding carboxylic acids is 1. The number of nitrogens with one attached hydrogen (secondary N) is 1. The van der Waals surface area contributed by atoms with Gasteiger partial charge in [0.1, 0.15) is 0 Å². The van der Waals surface area contributed by atoms with Crippen molar-refractivity contribution in [3.8, 4) is 0 Å². The molecule has 0 fully saturated rings. The maximum absolute atomic E-state index is 12.7. The van der Waals surface area contributed by atoms with Crippen molar-refractivity contribution in [2.24, 2.45) is 5.73 Å². The summed E-state index contributed by atoms with van der Waals surface area (Å²) in [6, 6.07) is 4.75. The normalized spacial score (nSPS) is 15.2. The molecule has 142 valence electrons. The molecule has 0 saturated carbocycles. The number of anilines is 1. The van der Waals surface area contributed by atoms with Gasteiger partial charge in [0.2, 0.25) is 15.9 Å². The number of nitrogens with zero attached hydrogens (tertiary/aromatic N) is 1. The minimum Gasteiger partial charge on any atom is -0.329 e. The van der Waals surface area contributed by atoms with Gasteiger partial charge in [-0.1, -0.05) is 25.8 Å². The Morgan fingerprint density at radius 3 is 2.72 bits per heavy atom. The number of benzene rings is 1. The second kappa shape index (κ2) is 9.52. The lowest BCUT2D eigenvalue weighted by Gasteiger charge is -2.29. The first-order valence-corrected chi connectivity index (χ1v) is 10.0. The van der Waals surface area contributed by atoms with E-state index >= 15 is 0 Å². The average molecular weight is 390 g/mol. The molecule has 1 aromatic carbocycles. The Hall–Kier alpha value is -1.15. The van der Waals surface area contributed by atoms with Crippen LogP contribution in [0.2, 0.25) is 0 Å². The van der Waals surface area contributed by atoms with Gasteiger partial charge in [-0.05, 0) is 37.0 Å². The zero-order valence-corrected chi connectivity index (χ0v) is 16.5.